The monoisotopic (exact) mass is 380 g/mol. The number of rotatable bonds is 4. The quantitative estimate of drug-likeness (QED) is 0.485. The summed E-state index contributed by atoms with van der Waals surface area (Å²) in [5.41, 5.74) is 8.84. The van der Waals surface area contributed by atoms with E-state index < -0.39 is 11.8 Å². The van der Waals surface area contributed by atoms with Gasteiger partial charge >= 0.3 is 11.8 Å². The molecule has 3 rings (SSSR count). The first-order chi connectivity index (χ1) is 13.3. The maximum Gasteiger partial charge on any atom is 0.329 e. The van der Waals surface area contributed by atoms with Crippen LogP contribution >= 0.6 is 0 Å². The standard InChI is InChI=1S/C22H28N4O2/c1-14-9-15(2)11-20(10-14)26-16(3)12-18(17(26)4)13-23-25-22(28)21(27)24-19-7-5-6-8-19/h9-13,19H,5-8H2,1-4H3,(H,24,27)(H,25,28)/b23-13-. The molecule has 1 heterocycles. The number of nitrogens with one attached hydrogen (secondary N) is 2. The number of hydrazone groups is 1. The predicted octanol–water partition coefficient (Wildman–Crippen LogP) is 3.22. The van der Waals surface area contributed by atoms with Crippen molar-refractivity contribution in [2.24, 2.45) is 5.10 Å². The molecule has 0 spiro atoms. The molecule has 2 N–H and O–H groups in total. The molecule has 1 aliphatic carbocycles. The molecule has 0 atom stereocenters. The van der Waals surface area contributed by atoms with E-state index in [-0.39, 0.29) is 6.04 Å². The van der Waals surface area contributed by atoms with Crippen molar-refractivity contribution in [3.05, 3.63) is 52.3 Å². The highest BCUT2D eigenvalue weighted by Gasteiger charge is 2.21. The Balaban J connectivity index is 1.69. The minimum atomic E-state index is -0.730. The Morgan fingerprint density at radius 2 is 1.64 bits per heavy atom. The van der Waals surface area contributed by atoms with E-state index in [9.17, 15) is 9.59 Å². The molecule has 6 heteroatoms. The van der Waals surface area contributed by atoms with Gasteiger partial charge in [0.05, 0.1) is 6.21 Å². The molecule has 0 saturated heterocycles. The van der Waals surface area contributed by atoms with Gasteiger partial charge in [0.1, 0.15) is 0 Å². The van der Waals surface area contributed by atoms with Gasteiger partial charge in [-0.2, -0.15) is 5.10 Å². The SMILES string of the molecule is Cc1cc(C)cc(-n2c(C)cc(/C=N\NC(=O)C(=O)NC3CCCC3)c2C)c1. The van der Waals surface area contributed by atoms with Gasteiger partial charge in [0.2, 0.25) is 0 Å². The maximum absolute atomic E-state index is 11.9. The molecular formula is C22H28N4O2. The third-order valence-electron chi connectivity index (χ3n) is 5.20. The summed E-state index contributed by atoms with van der Waals surface area (Å²) < 4.78 is 2.16. The van der Waals surface area contributed by atoms with Crippen LogP contribution in [0.15, 0.2) is 29.4 Å². The Kier molecular flexibility index (Phi) is 5.97. The Hall–Kier alpha value is -2.89. The molecule has 148 valence electrons. The van der Waals surface area contributed by atoms with Crippen molar-refractivity contribution in [1.29, 1.82) is 0 Å². The molecule has 2 aromatic rings. The molecule has 0 bridgehead atoms. The fourth-order valence-electron chi connectivity index (χ4n) is 3.93. The van der Waals surface area contributed by atoms with Gasteiger partial charge in [-0.3, -0.25) is 9.59 Å². The number of hydrogen-bond donors (Lipinski definition) is 2. The lowest BCUT2D eigenvalue weighted by Gasteiger charge is -2.11. The van der Waals surface area contributed by atoms with Crippen LogP contribution in [0.3, 0.4) is 0 Å². The normalized spacial score (nSPS) is 14.6. The lowest BCUT2D eigenvalue weighted by molar-refractivity contribution is -0.139. The third kappa shape index (κ3) is 4.50. The van der Waals surface area contributed by atoms with Gasteiger partial charge in [-0.1, -0.05) is 18.9 Å². The van der Waals surface area contributed by atoms with Crippen LogP contribution < -0.4 is 10.7 Å². The first kappa shape index (κ1) is 19.9. The van der Waals surface area contributed by atoms with Crippen LogP contribution in [0.5, 0.6) is 0 Å². The van der Waals surface area contributed by atoms with Gasteiger partial charge in [0.25, 0.3) is 0 Å². The summed E-state index contributed by atoms with van der Waals surface area (Å²) >= 11 is 0. The van der Waals surface area contributed by atoms with E-state index in [1.54, 1.807) is 6.21 Å². The van der Waals surface area contributed by atoms with E-state index in [1.807, 2.05) is 19.9 Å². The summed E-state index contributed by atoms with van der Waals surface area (Å²) in [4.78, 5) is 23.8. The minimum absolute atomic E-state index is 0.110. The minimum Gasteiger partial charge on any atom is -0.345 e. The van der Waals surface area contributed by atoms with E-state index in [0.29, 0.717) is 0 Å². The van der Waals surface area contributed by atoms with Crippen molar-refractivity contribution >= 4 is 18.0 Å². The van der Waals surface area contributed by atoms with E-state index in [0.717, 1.165) is 48.3 Å². The Morgan fingerprint density at radius 3 is 2.29 bits per heavy atom. The second-order valence-corrected chi connectivity index (χ2v) is 7.66. The smallest absolute Gasteiger partial charge is 0.329 e. The summed E-state index contributed by atoms with van der Waals surface area (Å²) in [6.07, 6.45) is 5.66. The van der Waals surface area contributed by atoms with Gasteiger partial charge in [-0.25, -0.2) is 5.43 Å². The molecule has 1 aromatic carbocycles. The number of carbonyl (C=O) groups excluding carboxylic acids is 2. The molecule has 1 fully saturated rings. The predicted molar refractivity (Wildman–Crippen MR) is 111 cm³/mol. The summed E-state index contributed by atoms with van der Waals surface area (Å²) in [6, 6.07) is 8.55. The summed E-state index contributed by atoms with van der Waals surface area (Å²) in [5.74, 6) is -1.35. The second-order valence-electron chi connectivity index (χ2n) is 7.66. The highest BCUT2D eigenvalue weighted by Crippen LogP contribution is 2.22. The summed E-state index contributed by atoms with van der Waals surface area (Å²) in [7, 11) is 0. The van der Waals surface area contributed by atoms with Gasteiger partial charge in [0, 0.05) is 28.7 Å². The van der Waals surface area contributed by atoms with E-state index in [2.05, 4.69) is 52.5 Å². The second kappa shape index (κ2) is 8.42. The van der Waals surface area contributed by atoms with Crippen LogP contribution in [0.2, 0.25) is 0 Å². The number of carbonyl (C=O) groups is 2. The van der Waals surface area contributed by atoms with Crippen LogP contribution in [-0.2, 0) is 9.59 Å². The van der Waals surface area contributed by atoms with Gasteiger partial charge in [0.15, 0.2) is 0 Å². The van der Waals surface area contributed by atoms with E-state index in [4.69, 9.17) is 0 Å². The Bertz CT molecular complexity index is 901. The molecule has 6 nitrogen and oxygen atoms in total. The summed E-state index contributed by atoms with van der Waals surface area (Å²) in [6.45, 7) is 8.22. The average Bonchev–Trinajstić information content (AvgIpc) is 3.22. The Labute approximate surface area is 166 Å². The first-order valence-corrected chi connectivity index (χ1v) is 9.76. The van der Waals surface area contributed by atoms with Crippen molar-refractivity contribution in [3.63, 3.8) is 0 Å². The zero-order valence-corrected chi connectivity index (χ0v) is 17.0. The first-order valence-electron chi connectivity index (χ1n) is 9.76. The number of nitrogens with zero attached hydrogens (tertiary/aromatic N) is 2. The number of hydrogen-bond acceptors (Lipinski definition) is 3. The molecule has 0 aliphatic heterocycles. The zero-order valence-electron chi connectivity index (χ0n) is 17.0. The third-order valence-corrected chi connectivity index (χ3v) is 5.20. The van der Waals surface area contributed by atoms with Gasteiger partial charge < -0.3 is 9.88 Å². The van der Waals surface area contributed by atoms with Gasteiger partial charge in [-0.15, -0.1) is 0 Å². The topological polar surface area (TPSA) is 75.5 Å². The molecule has 0 radical (unpaired) electrons. The van der Waals surface area contributed by atoms with Crippen LogP contribution in [0.4, 0.5) is 0 Å². The van der Waals surface area contributed by atoms with Gasteiger partial charge in [-0.05, 0) is 69.9 Å². The fourth-order valence-corrected chi connectivity index (χ4v) is 3.93. The fraction of sp³-hybridized carbons (Fsp3) is 0.409. The van der Waals surface area contributed by atoms with Crippen molar-refractivity contribution in [3.8, 4) is 5.69 Å². The number of aryl methyl sites for hydroxylation is 3. The molecule has 1 saturated carbocycles. The summed E-state index contributed by atoms with van der Waals surface area (Å²) in [5, 5.41) is 6.74. The Morgan fingerprint density at radius 1 is 1.00 bits per heavy atom. The highest BCUT2D eigenvalue weighted by atomic mass is 16.2. The molecular weight excluding hydrogens is 352 g/mol. The lowest BCUT2D eigenvalue weighted by atomic mass is 10.1. The molecule has 1 aromatic heterocycles. The van der Waals surface area contributed by atoms with Crippen LogP contribution in [-0.4, -0.2) is 28.6 Å². The van der Waals surface area contributed by atoms with Crippen LogP contribution in [0, 0.1) is 27.7 Å². The van der Waals surface area contributed by atoms with E-state index >= 15 is 0 Å². The molecule has 28 heavy (non-hydrogen) atoms. The number of amides is 2. The number of benzene rings is 1. The molecule has 0 unspecified atom stereocenters. The lowest BCUT2D eigenvalue weighted by Crippen LogP contribution is -2.42. The van der Waals surface area contributed by atoms with Crippen molar-refractivity contribution in [2.45, 2.75) is 59.4 Å². The van der Waals surface area contributed by atoms with E-state index in [1.165, 1.54) is 11.1 Å². The molecule has 2 amide bonds. The van der Waals surface area contributed by atoms with Crippen molar-refractivity contribution < 1.29 is 9.59 Å². The van der Waals surface area contributed by atoms with Crippen molar-refractivity contribution in [2.75, 3.05) is 0 Å². The average molecular weight is 380 g/mol. The van der Waals surface area contributed by atoms with Crippen molar-refractivity contribution in [1.82, 2.24) is 15.3 Å². The molecule has 1 aliphatic rings. The zero-order chi connectivity index (χ0) is 20.3. The maximum atomic E-state index is 11.9. The number of aromatic nitrogens is 1. The van der Waals surface area contributed by atoms with Crippen LogP contribution in [0.1, 0.15) is 53.8 Å². The largest absolute Gasteiger partial charge is 0.345 e. The highest BCUT2D eigenvalue weighted by molar-refractivity contribution is 6.35. The van der Waals surface area contributed by atoms with Crippen LogP contribution in [0.25, 0.3) is 5.69 Å².